The van der Waals surface area contributed by atoms with Crippen molar-refractivity contribution in [2.45, 2.75) is 19.9 Å². The van der Waals surface area contributed by atoms with Crippen LogP contribution in [0.1, 0.15) is 24.4 Å². The molecule has 0 spiro atoms. The second-order valence-corrected chi connectivity index (χ2v) is 4.97. The first-order valence-electron chi connectivity index (χ1n) is 6.10. The fraction of sp³-hybridized carbons (Fsp3) is 0.357. The third-order valence-corrected chi connectivity index (χ3v) is 3.51. The summed E-state index contributed by atoms with van der Waals surface area (Å²) in [5, 5.41) is 4.11. The van der Waals surface area contributed by atoms with Crippen molar-refractivity contribution in [1.29, 1.82) is 0 Å². The van der Waals surface area contributed by atoms with Crippen molar-refractivity contribution in [2.24, 2.45) is 7.05 Å². The number of anilines is 1. The molecule has 1 atom stereocenters. The molecule has 0 amide bonds. The van der Waals surface area contributed by atoms with Gasteiger partial charge in [0.25, 0.3) is 0 Å². The van der Waals surface area contributed by atoms with Crippen LogP contribution < -0.4 is 10.1 Å². The summed E-state index contributed by atoms with van der Waals surface area (Å²) in [6, 6.07) is 3.89. The Balaban J connectivity index is 2.28. The fourth-order valence-corrected chi connectivity index (χ4v) is 2.19. The van der Waals surface area contributed by atoms with Gasteiger partial charge in [-0.25, -0.2) is 4.98 Å². The number of rotatable bonds is 4. The van der Waals surface area contributed by atoms with Crippen LogP contribution in [0.4, 0.5) is 5.69 Å². The Morgan fingerprint density at radius 2 is 2.16 bits per heavy atom. The highest BCUT2D eigenvalue weighted by Gasteiger charge is 2.13. The number of benzene rings is 1. The van der Waals surface area contributed by atoms with Crippen LogP contribution in [0.3, 0.4) is 0 Å². The molecule has 1 aromatic carbocycles. The number of imidazole rings is 1. The van der Waals surface area contributed by atoms with Crippen LogP contribution in [0, 0.1) is 6.92 Å². The lowest BCUT2D eigenvalue weighted by molar-refractivity contribution is 0.416. The molecule has 5 heteroatoms. The molecule has 19 heavy (non-hydrogen) atoms. The first-order chi connectivity index (χ1) is 9.02. The molecule has 102 valence electrons. The van der Waals surface area contributed by atoms with Crippen LogP contribution >= 0.6 is 11.6 Å². The Morgan fingerprint density at radius 3 is 2.74 bits per heavy atom. The predicted octanol–water partition coefficient (Wildman–Crippen LogP) is 3.56. The van der Waals surface area contributed by atoms with Gasteiger partial charge in [-0.2, -0.15) is 0 Å². The normalized spacial score (nSPS) is 12.3. The van der Waals surface area contributed by atoms with Gasteiger partial charge in [-0.1, -0.05) is 11.6 Å². The number of hydrogen-bond donors (Lipinski definition) is 1. The van der Waals surface area contributed by atoms with Crippen molar-refractivity contribution >= 4 is 17.3 Å². The van der Waals surface area contributed by atoms with Gasteiger partial charge in [0, 0.05) is 30.5 Å². The van der Waals surface area contributed by atoms with Crippen molar-refractivity contribution in [3.63, 3.8) is 0 Å². The summed E-state index contributed by atoms with van der Waals surface area (Å²) >= 11 is 6.10. The number of methoxy groups -OCH3 is 1. The second kappa shape index (κ2) is 5.53. The van der Waals surface area contributed by atoms with E-state index in [1.165, 1.54) is 0 Å². The molecule has 0 aliphatic carbocycles. The summed E-state index contributed by atoms with van der Waals surface area (Å²) in [5.41, 5.74) is 1.93. The van der Waals surface area contributed by atoms with Gasteiger partial charge in [-0.15, -0.1) is 0 Å². The van der Waals surface area contributed by atoms with E-state index in [1.807, 2.05) is 36.9 Å². The number of halogens is 1. The first kappa shape index (κ1) is 13.7. The average Bonchev–Trinajstić information content (AvgIpc) is 2.79. The van der Waals surface area contributed by atoms with Gasteiger partial charge >= 0.3 is 0 Å². The van der Waals surface area contributed by atoms with E-state index in [0.29, 0.717) is 5.02 Å². The Hall–Kier alpha value is -1.68. The van der Waals surface area contributed by atoms with Crippen molar-refractivity contribution in [3.8, 4) is 5.75 Å². The van der Waals surface area contributed by atoms with Crippen LogP contribution in [-0.4, -0.2) is 16.7 Å². The van der Waals surface area contributed by atoms with Crippen molar-refractivity contribution in [2.75, 3.05) is 12.4 Å². The van der Waals surface area contributed by atoms with Gasteiger partial charge in [0.2, 0.25) is 0 Å². The van der Waals surface area contributed by atoms with Gasteiger partial charge in [-0.3, -0.25) is 0 Å². The maximum atomic E-state index is 6.10. The summed E-state index contributed by atoms with van der Waals surface area (Å²) in [5.74, 6) is 1.70. The Labute approximate surface area is 118 Å². The lowest BCUT2D eigenvalue weighted by atomic mass is 10.2. The van der Waals surface area contributed by atoms with Crippen molar-refractivity contribution < 1.29 is 4.74 Å². The maximum Gasteiger partial charge on any atom is 0.143 e. The van der Waals surface area contributed by atoms with Crippen LogP contribution in [0.5, 0.6) is 5.75 Å². The van der Waals surface area contributed by atoms with E-state index >= 15 is 0 Å². The number of aromatic nitrogens is 2. The molecule has 0 aliphatic rings. The smallest absolute Gasteiger partial charge is 0.143 e. The van der Waals surface area contributed by atoms with Gasteiger partial charge in [0.15, 0.2) is 0 Å². The molecule has 2 aromatic rings. The Kier molecular flexibility index (Phi) is 4.00. The van der Waals surface area contributed by atoms with E-state index in [2.05, 4.69) is 17.2 Å². The van der Waals surface area contributed by atoms with Crippen LogP contribution in [0.2, 0.25) is 5.02 Å². The Bertz CT molecular complexity index is 580. The number of aryl methyl sites for hydroxylation is 2. The average molecular weight is 280 g/mol. The zero-order chi connectivity index (χ0) is 14.0. The molecule has 2 rings (SSSR count). The molecular weight excluding hydrogens is 262 g/mol. The SMILES string of the molecule is COc1cc(Cl)c(C)cc1NC(C)c1nccn1C. The summed E-state index contributed by atoms with van der Waals surface area (Å²) < 4.78 is 7.35. The highest BCUT2D eigenvalue weighted by molar-refractivity contribution is 6.31. The molecule has 4 nitrogen and oxygen atoms in total. The maximum absolute atomic E-state index is 6.10. The topological polar surface area (TPSA) is 39.1 Å². The van der Waals surface area contributed by atoms with E-state index < -0.39 is 0 Å². The molecule has 0 fully saturated rings. The van der Waals surface area contributed by atoms with Crippen LogP contribution in [0.25, 0.3) is 0 Å². The third kappa shape index (κ3) is 2.84. The molecule has 1 heterocycles. The van der Waals surface area contributed by atoms with Gasteiger partial charge in [0.05, 0.1) is 18.8 Å². The monoisotopic (exact) mass is 279 g/mol. The fourth-order valence-electron chi connectivity index (χ4n) is 2.04. The van der Waals surface area contributed by atoms with E-state index in [-0.39, 0.29) is 6.04 Å². The Morgan fingerprint density at radius 1 is 1.42 bits per heavy atom. The van der Waals surface area contributed by atoms with Gasteiger partial charge in [-0.05, 0) is 25.5 Å². The van der Waals surface area contributed by atoms with E-state index in [0.717, 1.165) is 22.8 Å². The lowest BCUT2D eigenvalue weighted by Gasteiger charge is -2.18. The van der Waals surface area contributed by atoms with E-state index in [9.17, 15) is 0 Å². The molecule has 1 N–H and O–H groups in total. The molecule has 0 bridgehead atoms. The molecule has 0 saturated heterocycles. The number of ether oxygens (including phenoxy) is 1. The summed E-state index contributed by atoms with van der Waals surface area (Å²) in [6.45, 7) is 4.03. The molecule has 0 saturated carbocycles. The van der Waals surface area contributed by atoms with Crippen molar-refractivity contribution in [3.05, 3.63) is 40.9 Å². The summed E-state index contributed by atoms with van der Waals surface area (Å²) in [7, 11) is 3.61. The zero-order valence-electron chi connectivity index (χ0n) is 11.6. The van der Waals surface area contributed by atoms with Crippen LogP contribution in [-0.2, 0) is 7.05 Å². The minimum absolute atomic E-state index is 0.0782. The van der Waals surface area contributed by atoms with Crippen molar-refractivity contribution in [1.82, 2.24) is 9.55 Å². The predicted molar refractivity (Wildman–Crippen MR) is 78.0 cm³/mol. The number of nitrogens with one attached hydrogen (secondary N) is 1. The molecule has 1 unspecified atom stereocenters. The number of nitrogens with zero attached hydrogens (tertiary/aromatic N) is 2. The molecular formula is C14H18ClN3O. The minimum atomic E-state index is 0.0782. The quantitative estimate of drug-likeness (QED) is 0.930. The van der Waals surface area contributed by atoms with E-state index in [1.54, 1.807) is 13.3 Å². The van der Waals surface area contributed by atoms with Crippen LogP contribution in [0.15, 0.2) is 24.5 Å². The zero-order valence-corrected chi connectivity index (χ0v) is 12.3. The van der Waals surface area contributed by atoms with Gasteiger partial charge < -0.3 is 14.6 Å². The molecule has 0 aliphatic heterocycles. The molecule has 0 radical (unpaired) electrons. The molecule has 1 aromatic heterocycles. The third-order valence-electron chi connectivity index (χ3n) is 3.10. The first-order valence-corrected chi connectivity index (χ1v) is 6.48. The second-order valence-electron chi connectivity index (χ2n) is 4.56. The van der Waals surface area contributed by atoms with Gasteiger partial charge in [0.1, 0.15) is 11.6 Å². The summed E-state index contributed by atoms with van der Waals surface area (Å²) in [6.07, 6.45) is 3.72. The highest BCUT2D eigenvalue weighted by Crippen LogP contribution is 2.32. The minimum Gasteiger partial charge on any atom is -0.495 e. The largest absolute Gasteiger partial charge is 0.495 e. The highest BCUT2D eigenvalue weighted by atomic mass is 35.5. The summed E-state index contributed by atoms with van der Waals surface area (Å²) in [4.78, 5) is 4.34. The number of hydrogen-bond acceptors (Lipinski definition) is 3. The standard InChI is InChI=1S/C14H18ClN3O/c1-9-7-12(13(19-4)8-11(9)15)17-10(2)14-16-5-6-18(14)3/h5-8,10,17H,1-4H3. The van der Waals surface area contributed by atoms with E-state index in [4.69, 9.17) is 16.3 Å². The lowest BCUT2D eigenvalue weighted by Crippen LogP contribution is -2.12.